The average Bonchev–Trinajstić information content (AvgIpc) is 3.26. The van der Waals surface area contributed by atoms with Crippen molar-refractivity contribution >= 4 is 5.91 Å². The molecular formula is C18H21NO4. The first kappa shape index (κ1) is 15.6. The first-order chi connectivity index (χ1) is 11.2. The number of aliphatic hydroxyl groups is 1. The molecule has 2 unspecified atom stereocenters. The summed E-state index contributed by atoms with van der Waals surface area (Å²) in [6.45, 7) is 0.714. The molecule has 1 N–H and O–H groups in total. The predicted molar refractivity (Wildman–Crippen MR) is 85.3 cm³/mol. The summed E-state index contributed by atoms with van der Waals surface area (Å²) in [7, 11) is 1.59. The molecule has 1 saturated heterocycles. The second-order valence-electron chi connectivity index (χ2n) is 5.79. The molecule has 5 nitrogen and oxygen atoms in total. The highest BCUT2D eigenvalue weighted by molar-refractivity contribution is 5.95. The Labute approximate surface area is 135 Å². The molecule has 1 amide bonds. The number of carbonyl (C=O) groups excluding carboxylic acids is 1. The van der Waals surface area contributed by atoms with E-state index in [0.717, 1.165) is 12.8 Å². The molecular weight excluding hydrogens is 294 g/mol. The third-order valence-corrected chi connectivity index (χ3v) is 4.32. The van der Waals surface area contributed by atoms with Crippen LogP contribution in [0.4, 0.5) is 0 Å². The lowest BCUT2D eigenvalue weighted by molar-refractivity contribution is 0.0641. The molecule has 0 saturated carbocycles. The zero-order valence-corrected chi connectivity index (χ0v) is 13.1. The summed E-state index contributed by atoms with van der Waals surface area (Å²) in [6, 6.07) is 10.7. The van der Waals surface area contributed by atoms with Crippen molar-refractivity contribution in [2.75, 3.05) is 13.7 Å². The van der Waals surface area contributed by atoms with Crippen LogP contribution in [0.15, 0.2) is 47.1 Å². The smallest absolute Gasteiger partial charge is 0.254 e. The highest BCUT2D eigenvalue weighted by Crippen LogP contribution is 2.29. The number of ether oxygens (including phenoxy) is 1. The summed E-state index contributed by atoms with van der Waals surface area (Å²) in [4.78, 5) is 14.6. The number of amides is 1. The van der Waals surface area contributed by atoms with Crippen LogP contribution >= 0.6 is 0 Å². The maximum Gasteiger partial charge on any atom is 0.254 e. The van der Waals surface area contributed by atoms with Crippen molar-refractivity contribution in [2.45, 2.75) is 31.4 Å². The zero-order valence-electron chi connectivity index (χ0n) is 13.1. The Hall–Kier alpha value is -2.27. The monoisotopic (exact) mass is 315 g/mol. The molecule has 1 aliphatic rings. The van der Waals surface area contributed by atoms with Crippen molar-refractivity contribution in [1.29, 1.82) is 0 Å². The van der Waals surface area contributed by atoms with Gasteiger partial charge in [0.2, 0.25) is 0 Å². The molecule has 2 atom stereocenters. The summed E-state index contributed by atoms with van der Waals surface area (Å²) >= 11 is 0. The van der Waals surface area contributed by atoms with Crippen LogP contribution in [0, 0.1) is 0 Å². The van der Waals surface area contributed by atoms with Gasteiger partial charge in [0.05, 0.1) is 13.4 Å². The minimum atomic E-state index is -0.686. The lowest BCUT2D eigenvalue weighted by Gasteiger charge is -2.26. The maximum absolute atomic E-state index is 12.8. The van der Waals surface area contributed by atoms with Crippen LogP contribution in [0.25, 0.3) is 0 Å². The van der Waals surface area contributed by atoms with Gasteiger partial charge in [-0.1, -0.05) is 6.07 Å². The fourth-order valence-electron chi connectivity index (χ4n) is 3.12. The van der Waals surface area contributed by atoms with E-state index < -0.39 is 6.10 Å². The average molecular weight is 315 g/mol. The number of rotatable bonds is 5. The first-order valence-electron chi connectivity index (χ1n) is 7.85. The predicted octanol–water partition coefficient (Wildman–Crippen LogP) is 3.02. The fourth-order valence-corrected chi connectivity index (χ4v) is 3.12. The Kier molecular flexibility index (Phi) is 4.67. The van der Waals surface area contributed by atoms with Gasteiger partial charge in [0.1, 0.15) is 17.6 Å². The molecule has 2 aromatic rings. The van der Waals surface area contributed by atoms with E-state index in [2.05, 4.69) is 0 Å². The van der Waals surface area contributed by atoms with Gasteiger partial charge in [-0.3, -0.25) is 4.79 Å². The largest absolute Gasteiger partial charge is 0.497 e. The summed E-state index contributed by atoms with van der Waals surface area (Å²) < 4.78 is 10.4. The van der Waals surface area contributed by atoms with Gasteiger partial charge in [0.25, 0.3) is 5.91 Å². The lowest BCUT2D eigenvalue weighted by atomic mass is 10.0. The third kappa shape index (κ3) is 3.40. The molecule has 5 heteroatoms. The summed E-state index contributed by atoms with van der Waals surface area (Å²) in [6.07, 6.45) is 3.20. The minimum absolute atomic E-state index is 0.0157. The number of hydrogen-bond acceptors (Lipinski definition) is 4. The lowest BCUT2D eigenvalue weighted by Crippen LogP contribution is -2.36. The van der Waals surface area contributed by atoms with E-state index in [9.17, 15) is 9.90 Å². The standard InChI is InChI=1S/C18H21NO4/c1-22-15-7-2-5-13(11-15)18(21)19-9-3-6-14(19)12-16(20)17-8-4-10-23-17/h2,4-5,7-8,10-11,14,16,20H,3,6,9,12H2,1H3. The van der Waals surface area contributed by atoms with Crippen LogP contribution in [0.2, 0.25) is 0 Å². The summed E-state index contributed by atoms with van der Waals surface area (Å²) in [5, 5.41) is 10.3. The van der Waals surface area contributed by atoms with E-state index in [4.69, 9.17) is 9.15 Å². The molecule has 1 aliphatic heterocycles. The number of benzene rings is 1. The summed E-state index contributed by atoms with van der Waals surface area (Å²) in [5.74, 6) is 1.20. The Morgan fingerprint density at radius 2 is 2.30 bits per heavy atom. The molecule has 0 radical (unpaired) electrons. The van der Waals surface area contributed by atoms with Crippen molar-refractivity contribution in [1.82, 2.24) is 4.90 Å². The molecule has 0 aliphatic carbocycles. The number of furan rings is 1. The van der Waals surface area contributed by atoms with Crippen molar-refractivity contribution in [2.24, 2.45) is 0 Å². The minimum Gasteiger partial charge on any atom is -0.497 e. The quantitative estimate of drug-likeness (QED) is 0.921. The van der Waals surface area contributed by atoms with Crippen molar-refractivity contribution in [3.63, 3.8) is 0 Å². The zero-order chi connectivity index (χ0) is 16.2. The molecule has 3 rings (SSSR count). The van der Waals surface area contributed by atoms with E-state index in [0.29, 0.717) is 30.0 Å². The van der Waals surface area contributed by atoms with E-state index in [1.165, 1.54) is 0 Å². The van der Waals surface area contributed by atoms with E-state index in [1.807, 2.05) is 17.0 Å². The number of methoxy groups -OCH3 is 1. The van der Waals surface area contributed by atoms with Gasteiger partial charge in [-0.2, -0.15) is 0 Å². The molecule has 0 bridgehead atoms. The van der Waals surface area contributed by atoms with Crippen LogP contribution in [-0.4, -0.2) is 35.6 Å². The van der Waals surface area contributed by atoms with Gasteiger partial charge in [-0.25, -0.2) is 0 Å². The molecule has 0 spiro atoms. The fraction of sp³-hybridized carbons (Fsp3) is 0.389. The van der Waals surface area contributed by atoms with Gasteiger partial charge in [-0.15, -0.1) is 0 Å². The van der Waals surface area contributed by atoms with Gasteiger partial charge >= 0.3 is 0 Å². The number of hydrogen-bond donors (Lipinski definition) is 1. The molecule has 1 aromatic heterocycles. The van der Waals surface area contributed by atoms with E-state index >= 15 is 0 Å². The van der Waals surface area contributed by atoms with Crippen LogP contribution in [0.1, 0.15) is 41.5 Å². The van der Waals surface area contributed by atoms with Crippen molar-refractivity contribution < 1.29 is 19.1 Å². The third-order valence-electron chi connectivity index (χ3n) is 4.32. The summed E-state index contributed by atoms with van der Waals surface area (Å²) in [5.41, 5.74) is 0.615. The number of aliphatic hydroxyl groups excluding tert-OH is 1. The molecule has 122 valence electrons. The Balaban J connectivity index is 1.71. The van der Waals surface area contributed by atoms with Crippen molar-refractivity contribution in [3.05, 3.63) is 54.0 Å². The van der Waals surface area contributed by atoms with Crippen LogP contribution in [0.3, 0.4) is 0 Å². The number of nitrogens with zero attached hydrogens (tertiary/aromatic N) is 1. The van der Waals surface area contributed by atoms with Gasteiger partial charge in [0.15, 0.2) is 0 Å². The Bertz CT molecular complexity index is 653. The highest BCUT2D eigenvalue weighted by Gasteiger charge is 2.31. The van der Waals surface area contributed by atoms with E-state index in [1.54, 1.807) is 37.6 Å². The topological polar surface area (TPSA) is 62.9 Å². The molecule has 23 heavy (non-hydrogen) atoms. The van der Waals surface area contributed by atoms with Crippen LogP contribution in [-0.2, 0) is 0 Å². The SMILES string of the molecule is COc1cccc(C(=O)N2CCCC2CC(O)c2ccco2)c1. The molecule has 1 fully saturated rings. The van der Waals surface area contributed by atoms with Gasteiger partial charge in [-0.05, 0) is 43.2 Å². The Morgan fingerprint density at radius 1 is 1.43 bits per heavy atom. The maximum atomic E-state index is 12.8. The number of carbonyl (C=O) groups is 1. The van der Waals surface area contributed by atoms with Crippen molar-refractivity contribution in [3.8, 4) is 5.75 Å². The number of likely N-dealkylation sites (tertiary alicyclic amines) is 1. The highest BCUT2D eigenvalue weighted by atomic mass is 16.5. The van der Waals surface area contributed by atoms with Crippen LogP contribution in [0.5, 0.6) is 5.75 Å². The molecule has 1 aromatic carbocycles. The first-order valence-corrected chi connectivity index (χ1v) is 7.85. The van der Waals surface area contributed by atoms with Gasteiger partial charge < -0.3 is 19.2 Å². The second kappa shape index (κ2) is 6.87. The van der Waals surface area contributed by atoms with E-state index in [-0.39, 0.29) is 11.9 Å². The Morgan fingerprint density at radius 3 is 3.04 bits per heavy atom. The molecule has 2 heterocycles. The normalized spacial score (nSPS) is 18.9. The second-order valence-corrected chi connectivity index (χ2v) is 5.79. The van der Waals surface area contributed by atoms with Crippen LogP contribution < -0.4 is 4.74 Å². The van der Waals surface area contributed by atoms with Gasteiger partial charge in [0, 0.05) is 24.6 Å².